The topological polar surface area (TPSA) is 49.8 Å². The van der Waals surface area contributed by atoms with Crippen LogP contribution in [0.5, 0.6) is 0 Å². The molecular formula is C30H39NO3. The fourth-order valence-electron chi connectivity index (χ4n) is 5.66. The van der Waals surface area contributed by atoms with Crippen molar-refractivity contribution in [2.24, 2.45) is 5.92 Å². The fourth-order valence-corrected chi connectivity index (χ4v) is 5.66. The summed E-state index contributed by atoms with van der Waals surface area (Å²) in [7, 11) is 0. The summed E-state index contributed by atoms with van der Waals surface area (Å²) in [5.74, 6) is -0.179. The van der Waals surface area contributed by atoms with Crippen LogP contribution in [-0.4, -0.2) is 41.2 Å². The average molecular weight is 462 g/mol. The first-order valence-electron chi connectivity index (χ1n) is 13.1. The smallest absolute Gasteiger partial charge is 0.303 e. The number of likely N-dealkylation sites (tertiary alicyclic amines) is 1. The van der Waals surface area contributed by atoms with E-state index in [4.69, 9.17) is 9.84 Å². The summed E-state index contributed by atoms with van der Waals surface area (Å²) in [6.07, 6.45) is 13.8. The largest absolute Gasteiger partial charge is 0.481 e. The normalized spacial score (nSPS) is 23.5. The van der Waals surface area contributed by atoms with Crippen molar-refractivity contribution in [2.75, 3.05) is 13.1 Å². The van der Waals surface area contributed by atoms with Gasteiger partial charge in [0.05, 0.1) is 12.7 Å². The second kappa shape index (κ2) is 12.9. The van der Waals surface area contributed by atoms with Crippen LogP contribution >= 0.6 is 0 Å². The van der Waals surface area contributed by atoms with Crippen LogP contribution in [0.25, 0.3) is 11.1 Å². The molecule has 1 heterocycles. The molecule has 0 bridgehead atoms. The molecule has 0 radical (unpaired) electrons. The molecule has 3 atom stereocenters. The predicted octanol–water partition coefficient (Wildman–Crippen LogP) is 6.70. The summed E-state index contributed by atoms with van der Waals surface area (Å²) < 4.78 is 6.55. The van der Waals surface area contributed by atoms with Gasteiger partial charge in [-0.3, -0.25) is 4.79 Å². The molecule has 1 N–H and O–H groups in total. The van der Waals surface area contributed by atoms with Crippen LogP contribution in [0.15, 0.2) is 66.7 Å². The second-order valence-electron chi connectivity index (χ2n) is 9.80. The van der Waals surface area contributed by atoms with Crippen LogP contribution in [0.4, 0.5) is 0 Å². The lowest BCUT2D eigenvalue weighted by molar-refractivity contribution is -0.136. The molecule has 2 fully saturated rings. The van der Waals surface area contributed by atoms with Gasteiger partial charge in [-0.1, -0.05) is 73.2 Å². The Morgan fingerprint density at radius 1 is 0.912 bits per heavy atom. The summed E-state index contributed by atoms with van der Waals surface area (Å²) in [4.78, 5) is 13.4. The molecule has 2 aromatic carbocycles. The maximum Gasteiger partial charge on any atom is 0.303 e. The zero-order valence-corrected chi connectivity index (χ0v) is 20.3. The monoisotopic (exact) mass is 461 g/mol. The van der Waals surface area contributed by atoms with Crippen molar-refractivity contribution in [3.63, 3.8) is 0 Å². The van der Waals surface area contributed by atoms with E-state index in [9.17, 15) is 4.79 Å². The zero-order chi connectivity index (χ0) is 23.6. The SMILES string of the molecule is O=C(O)CCC=CCCC1C(OCc2ccc(-c3ccccc3)cc2)CCC1N1CCCCC1. The maximum absolute atomic E-state index is 10.7. The molecule has 0 aromatic heterocycles. The van der Waals surface area contributed by atoms with Crippen molar-refractivity contribution in [1.29, 1.82) is 0 Å². The Balaban J connectivity index is 1.34. The minimum atomic E-state index is -0.726. The van der Waals surface area contributed by atoms with E-state index in [2.05, 4.69) is 59.5 Å². The molecule has 0 amide bonds. The predicted molar refractivity (Wildman–Crippen MR) is 138 cm³/mol. The molecule has 1 aliphatic heterocycles. The number of carbonyl (C=O) groups is 1. The lowest BCUT2D eigenvalue weighted by Gasteiger charge is -2.37. The van der Waals surface area contributed by atoms with Crippen LogP contribution < -0.4 is 0 Å². The minimum Gasteiger partial charge on any atom is -0.481 e. The second-order valence-corrected chi connectivity index (χ2v) is 9.80. The molecule has 182 valence electrons. The van der Waals surface area contributed by atoms with E-state index in [0.717, 1.165) is 19.3 Å². The van der Waals surface area contributed by atoms with Gasteiger partial charge < -0.3 is 14.7 Å². The first-order valence-corrected chi connectivity index (χ1v) is 13.1. The quantitative estimate of drug-likeness (QED) is 0.378. The van der Waals surface area contributed by atoms with Crippen LogP contribution in [-0.2, 0) is 16.1 Å². The number of benzene rings is 2. The summed E-state index contributed by atoms with van der Waals surface area (Å²) in [6.45, 7) is 3.12. The molecule has 4 rings (SSSR count). The van der Waals surface area contributed by atoms with Crippen molar-refractivity contribution in [2.45, 2.75) is 76.5 Å². The van der Waals surface area contributed by atoms with Gasteiger partial charge in [-0.05, 0) is 74.7 Å². The molecule has 34 heavy (non-hydrogen) atoms. The van der Waals surface area contributed by atoms with Gasteiger partial charge in [-0.25, -0.2) is 0 Å². The van der Waals surface area contributed by atoms with Crippen LogP contribution in [0, 0.1) is 5.92 Å². The third-order valence-corrected chi connectivity index (χ3v) is 7.46. The van der Waals surface area contributed by atoms with Gasteiger partial charge >= 0.3 is 5.97 Å². The summed E-state index contributed by atoms with van der Waals surface area (Å²) in [5.41, 5.74) is 3.71. The number of carboxylic acids is 1. The number of hydrogen-bond donors (Lipinski definition) is 1. The van der Waals surface area contributed by atoms with Crippen LogP contribution in [0.1, 0.15) is 63.4 Å². The first-order chi connectivity index (χ1) is 16.7. The van der Waals surface area contributed by atoms with Gasteiger partial charge in [0.1, 0.15) is 0 Å². The Bertz CT molecular complexity index is 902. The maximum atomic E-state index is 10.7. The highest BCUT2D eigenvalue weighted by molar-refractivity contribution is 5.66. The number of carboxylic acid groups (broad SMARTS) is 1. The van der Waals surface area contributed by atoms with E-state index in [1.165, 1.54) is 55.5 Å². The van der Waals surface area contributed by atoms with Crippen molar-refractivity contribution >= 4 is 5.97 Å². The standard InChI is InChI=1S/C30H39NO3/c32-30(33)14-8-2-1-7-13-27-28(31-21-9-4-10-22-31)19-20-29(27)34-23-24-15-17-26(18-16-24)25-11-5-3-6-12-25/h1-3,5-6,11-12,15-18,27-29H,4,7-10,13-14,19-23H2,(H,32,33). The molecular weight excluding hydrogens is 422 g/mol. The number of aliphatic carboxylic acids is 1. The molecule has 2 aromatic rings. The molecule has 4 nitrogen and oxygen atoms in total. The number of nitrogens with zero attached hydrogens (tertiary/aromatic N) is 1. The third-order valence-electron chi connectivity index (χ3n) is 7.46. The molecule has 1 saturated heterocycles. The highest BCUT2D eigenvalue weighted by atomic mass is 16.5. The molecule has 3 unspecified atom stereocenters. The van der Waals surface area contributed by atoms with Crippen molar-refractivity contribution in [3.8, 4) is 11.1 Å². The lowest BCUT2D eigenvalue weighted by atomic mass is 9.93. The van der Waals surface area contributed by atoms with E-state index in [0.29, 0.717) is 31.1 Å². The van der Waals surface area contributed by atoms with E-state index in [1.807, 2.05) is 12.1 Å². The number of ether oxygens (including phenoxy) is 1. The summed E-state index contributed by atoms with van der Waals surface area (Å²) in [6, 6.07) is 19.9. The number of allylic oxidation sites excluding steroid dienone is 2. The fraction of sp³-hybridized carbons (Fsp3) is 0.500. The summed E-state index contributed by atoms with van der Waals surface area (Å²) >= 11 is 0. The molecule has 2 aliphatic rings. The van der Waals surface area contributed by atoms with Crippen LogP contribution in [0.3, 0.4) is 0 Å². The minimum absolute atomic E-state index is 0.213. The highest BCUT2D eigenvalue weighted by Gasteiger charge is 2.39. The number of hydrogen-bond acceptors (Lipinski definition) is 3. The van der Waals surface area contributed by atoms with Gasteiger partial charge in [0, 0.05) is 18.4 Å². The molecule has 1 aliphatic carbocycles. The van der Waals surface area contributed by atoms with Crippen molar-refractivity contribution < 1.29 is 14.6 Å². The van der Waals surface area contributed by atoms with Crippen molar-refractivity contribution in [3.05, 3.63) is 72.3 Å². The number of piperidine rings is 1. The average Bonchev–Trinajstić information content (AvgIpc) is 3.28. The van der Waals surface area contributed by atoms with E-state index in [-0.39, 0.29) is 6.42 Å². The number of rotatable bonds is 11. The Morgan fingerprint density at radius 2 is 1.62 bits per heavy atom. The van der Waals surface area contributed by atoms with Crippen LogP contribution in [0.2, 0.25) is 0 Å². The zero-order valence-electron chi connectivity index (χ0n) is 20.3. The van der Waals surface area contributed by atoms with Gasteiger partial charge in [0.15, 0.2) is 0 Å². The third kappa shape index (κ3) is 7.04. The van der Waals surface area contributed by atoms with Crippen molar-refractivity contribution in [1.82, 2.24) is 4.90 Å². The van der Waals surface area contributed by atoms with Gasteiger partial charge in [0.25, 0.3) is 0 Å². The Kier molecular flexibility index (Phi) is 9.35. The Hall–Kier alpha value is -2.43. The van der Waals surface area contributed by atoms with E-state index >= 15 is 0 Å². The van der Waals surface area contributed by atoms with Gasteiger partial charge in [-0.15, -0.1) is 0 Å². The van der Waals surface area contributed by atoms with E-state index < -0.39 is 5.97 Å². The summed E-state index contributed by atoms with van der Waals surface area (Å²) in [5, 5.41) is 8.83. The van der Waals surface area contributed by atoms with Gasteiger partial charge in [0.2, 0.25) is 0 Å². The lowest BCUT2D eigenvalue weighted by Crippen LogP contribution is -2.43. The Labute approximate surface area is 204 Å². The van der Waals surface area contributed by atoms with Gasteiger partial charge in [-0.2, -0.15) is 0 Å². The molecule has 4 heteroatoms. The molecule has 0 spiro atoms. The first kappa shape index (κ1) is 24.7. The molecule has 1 saturated carbocycles. The van der Waals surface area contributed by atoms with E-state index in [1.54, 1.807) is 0 Å². The highest BCUT2D eigenvalue weighted by Crippen LogP contribution is 2.37. The Morgan fingerprint density at radius 3 is 2.35 bits per heavy atom.